The van der Waals surface area contributed by atoms with Gasteiger partial charge in [0, 0.05) is 44.9 Å². The lowest BCUT2D eigenvalue weighted by Gasteiger charge is -2.17. The summed E-state index contributed by atoms with van der Waals surface area (Å²) in [5.41, 5.74) is 2.05. The number of aromatic amines is 2. The van der Waals surface area contributed by atoms with Gasteiger partial charge in [-0.2, -0.15) is 5.10 Å². The van der Waals surface area contributed by atoms with Gasteiger partial charge in [0.15, 0.2) is 0 Å². The molecule has 0 spiro atoms. The van der Waals surface area contributed by atoms with Gasteiger partial charge in [0.2, 0.25) is 5.95 Å². The van der Waals surface area contributed by atoms with Crippen molar-refractivity contribution in [2.75, 3.05) is 32.1 Å². The molecule has 1 unspecified atom stereocenters. The molecular weight excluding hydrogens is 308 g/mol. The molecule has 2 aromatic heterocycles. The van der Waals surface area contributed by atoms with Crippen LogP contribution in [-0.4, -0.2) is 58.2 Å². The van der Waals surface area contributed by atoms with Gasteiger partial charge in [-0.05, 0) is 12.8 Å². The molecule has 0 saturated carbocycles. The van der Waals surface area contributed by atoms with E-state index in [4.69, 9.17) is 0 Å². The van der Waals surface area contributed by atoms with Gasteiger partial charge in [0.25, 0.3) is 11.5 Å². The van der Waals surface area contributed by atoms with Crippen molar-refractivity contribution in [3.8, 4) is 0 Å². The van der Waals surface area contributed by atoms with Gasteiger partial charge in [-0.3, -0.25) is 19.7 Å². The Morgan fingerprint density at radius 2 is 2.25 bits per heavy atom. The van der Waals surface area contributed by atoms with Gasteiger partial charge in [0.1, 0.15) is 0 Å². The second-order valence-electron chi connectivity index (χ2n) is 6.24. The summed E-state index contributed by atoms with van der Waals surface area (Å²) in [5.74, 6) is 0.595. The number of hydrogen-bond donors (Lipinski definition) is 2. The molecule has 1 atom stereocenters. The molecule has 0 aliphatic carbocycles. The molecule has 24 heavy (non-hydrogen) atoms. The SMILES string of the molecule is CCc1[nH]ncc1C(=O)N1CCC(c2cc(=O)[nH]c(N(C)C)n2)C1. The number of anilines is 1. The number of nitrogens with one attached hydrogen (secondary N) is 2. The van der Waals surface area contributed by atoms with E-state index in [1.807, 2.05) is 25.9 Å². The zero-order chi connectivity index (χ0) is 17.3. The average molecular weight is 330 g/mol. The minimum Gasteiger partial charge on any atom is -0.348 e. The summed E-state index contributed by atoms with van der Waals surface area (Å²) in [6.07, 6.45) is 3.12. The molecule has 128 valence electrons. The van der Waals surface area contributed by atoms with Crippen LogP contribution in [0.4, 0.5) is 5.95 Å². The lowest BCUT2D eigenvalue weighted by atomic mass is 10.0. The van der Waals surface area contributed by atoms with Crippen LogP contribution in [0.5, 0.6) is 0 Å². The molecular formula is C16H22N6O2. The van der Waals surface area contributed by atoms with E-state index in [2.05, 4.69) is 20.2 Å². The first kappa shape index (κ1) is 16.2. The molecule has 1 aliphatic heterocycles. The van der Waals surface area contributed by atoms with Crippen LogP contribution in [0, 0.1) is 0 Å². The molecule has 0 bridgehead atoms. The van der Waals surface area contributed by atoms with Crippen LogP contribution in [0.25, 0.3) is 0 Å². The topological polar surface area (TPSA) is 98.0 Å². The summed E-state index contributed by atoms with van der Waals surface area (Å²) in [6.45, 7) is 3.21. The molecule has 0 aromatic carbocycles. The van der Waals surface area contributed by atoms with E-state index in [9.17, 15) is 9.59 Å². The van der Waals surface area contributed by atoms with Crippen molar-refractivity contribution < 1.29 is 4.79 Å². The molecule has 1 fully saturated rings. The van der Waals surface area contributed by atoms with E-state index >= 15 is 0 Å². The number of rotatable bonds is 4. The Morgan fingerprint density at radius 1 is 1.46 bits per heavy atom. The third kappa shape index (κ3) is 3.04. The molecule has 3 rings (SSSR count). The summed E-state index contributed by atoms with van der Waals surface area (Å²) < 4.78 is 0. The van der Waals surface area contributed by atoms with E-state index < -0.39 is 0 Å². The zero-order valence-corrected chi connectivity index (χ0v) is 14.2. The Bertz CT molecular complexity index is 794. The summed E-state index contributed by atoms with van der Waals surface area (Å²) in [7, 11) is 3.66. The van der Waals surface area contributed by atoms with Crippen molar-refractivity contribution in [2.45, 2.75) is 25.7 Å². The van der Waals surface area contributed by atoms with Crippen LogP contribution in [-0.2, 0) is 6.42 Å². The highest BCUT2D eigenvalue weighted by Gasteiger charge is 2.30. The number of carbonyl (C=O) groups excluding carboxylic acids is 1. The number of amides is 1. The monoisotopic (exact) mass is 330 g/mol. The van der Waals surface area contributed by atoms with Crippen molar-refractivity contribution in [1.82, 2.24) is 25.1 Å². The highest BCUT2D eigenvalue weighted by atomic mass is 16.2. The van der Waals surface area contributed by atoms with Crippen LogP contribution >= 0.6 is 0 Å². The Balaban J connectivity index is 1.78. The molecule has 8 heteroatoms. The number of hydrogen-bond acceptors (Lipinski definition) is 5. The number of H-pyrrole nitrogens is 2. The fraction of sp³-hybridized carbons (Fsp3) is 0.500. The first-order chi connectivity index (χ1) is 11.5. The summed E-state index contributed by atoms with van der Waals surface area (Å²) in [5, 5.41) is 6.84. The van der Waals surface area contributed by atoms with Crippen molar-refractivity contribution in [2.24, 2.45) is 0 Å². The molecule has 1 aliphatic rings. The van der Waals surface area contributed by atoms with Crippen LogP contribution in [0.3, 0.4) is 0 Å². The summed E-state index contributed by atoms with van der Waals surface area (Å²) in [6, 6.07) is 1.53. The minimum absolute atomic E-state index is 0.0132. The molecule has 1 amide bonds. The molecule has 0 radical (unpaired) electrons. The van der Waals surface area contributed by atoms with Gasteiger partial charge in [-0.1, -0.05) is 6.92 Å². The third-order valence-electron chi connectivity index (χ3n) is 4.37. The summed E-state index contributed by atoms with van der Waals surface area (Å²) in [4.78, 5) is 35.3. The van der Waals surface area contributed by atoms with Gasteiger partial charge in [-0.15, -0.1) is 0 Å². The third-order valence-corrected chi connectivity index (χ3v) is 4.37. The number of likely N-dealkylation sites (tertiary alicyclic amines) is 1. The van der Waals surface area contributed by atoms with E-state index in [-0.39, 0.29) is 17.4 Å². The first-order valence-corrected chi connectivity index (χ1v) is 8.09. The van der Waals surface area contributed by atoms with E-state index in [1.165, 1.54) is 6.07 Å². The highest BCUT2D eigenvalue weighted by Crippen LogP contribution is 2.27. The maximum Gasteiger partial charge on any atom is 0.257 e. The number of carbonyl (C=O) groups is 1. The second-order valence-corrected chi connectivity index (χ2v) is 6.24. The Kier molecular flexibility index (Phi) is 4.37. The fourth-order valence-electron chi connectivity index (χ4n) is 3.01. The predicted molar refractivity (Wildman–Crippen MR) is 90.4 cm³/mol. The van der Waals surface area contributed by atoms with Crippen LogP contribution in [0.2, 0.25) is 0 Å². The maximum atomic E-state index is 12.7. The summed E-state index contributed by atoms with van der Waals surface area (Å²) >= 11 is 0. The Hall–Kier alpha value is -2.64. The first-order valence-electron chi connectivity index (χ1n) is 8.09. The van der Waals surface area contributed by atoms with Crippen molar-refractivity contribution >= 4 is 11.9 Å². The highest BCUT2D eigenvalue weighted by molar-refractivity contribution is 5.95. The van der Waals surface area contributed by atoms with Gasteiger partial charge in [0.05, 0.1) is 17.5 Å². The lowest BCUT2D eigenvalue weighted by molar-refractivity contribution is 0.0789. The quantitative estimate of drug-likeness (QED) is 0.862. The normalized spacial score (nSPS) is 17.3. The predicted octanol–water partition coefficient (Wildman–Crippen LogP) is 0.751. The van der Waals surface area contributed by atoms with Gasteiger partial charge < -0.3 is 9.80 Å². The Labute approximate surface area is 139 Å². The van der Waals surface area contributed by atoms with Gasteiger partial charge >= 0.3 is 0 Å². The average Bonchev–Trinajstić information content (AvgIpc) is 3.22. The van der Waals surface area contributed by atoms with Crippen LogP contribution in [0.15, 0.2) is 17.1 Å². The molecule has 1 saturated heterocycles. The van der Waals surface area contributed by atoms with Gasteiger partial charge in [-0.25, -0.2) is 4.98 Å². The van der Waals surface area contributed by atoms with Crippen molar-refractivity contribution in [1.29, 1.82) is 0 Å². The number of aryl methyl sites for hydroxylation is 1. The maximum absolute atomic E-state index is 12.7. The van der Waals surface area contributed by atoms with Crippen LogP contribution < -0.4 is 10.5 Å². The fourth-order valence-corrected chi connectivity index (χ4v) is 3.01. The number of nitrogens with zero attached hydrogens (tertiary/aromatic N) is 4. The van der Waals surface area contributed by atoms with E-state index in [0.29, 0.717) is 24.6 Å². The Morgan fingerprint density at radius 3 is 2.96 bits per heavy atom. The molecule has 2 aromatic rings. The molecule has 2 N–H and O–H groups in total. The smallest absolute Gasteiger partial charge is 0.257 e. The zero-order valence-electron chi connectivity index (χ0n) is 14.2. The second kappa shape index (κ2) is 6.46. The molecule has 8 nitrogen and oxygen atoms in total. The number of aromatic nitrogens is 4. The van der Waals surface area contributed by atoms with E-state index in [0.717, 1.165) is 24.2 Å². The lowest BCUT2D eigenvalue weighted by Crippen LogP contribution is -2.29. The van der Waals surface area contributed by atoms with Crippen molar-refractivity contribution in [3.05, 3.63) is 39.6 Å². The minimum atomic E-state index is -0.170. The standard InChI is InChI=1S/C16H22N6O2/c1-4-12-11(8-17-20-12)15(24)22-6-5-10(9-22)13-7-14(23)19-16(18-13)21(2)3/h7-8,10H,4-6,9H2,1-3H3,(H,17,20)(H,18,19,23). The van der Waals surface area contributed by atoms with Crippen LogP contribution in [0.1, 0.15) is 41.0 Å². The van der Waals surface area contributed by atoms with Crippen molar-refractivity contribution in [3.63, 3.8) is 0 Å². The van der Waals surface area contributed by atoms with E-state index in [1.54, 1.807) is 11.1 Å². The largest absolute Gasteiger partial charge is 0.348 e. The molecule has 3 heterocycles.